The zero-order chi connectivity index (χ0) is 36.4. The Hall–Kier alpha value is -7.80. The Labute approximate surface area is 312 Å². The number of hydrogen-bond donors (Lipinski definition) is 0. The minimum absolute atomic E-state index is 0.405. The van der Waals surface area contributed by atoms with Crippen LogP contribution >= 0.6 is 0 Å². The van der Waals surface area contributed by atoms with E-state index in [1.54, 1.807) is 6.07 Å². The maximum atomic E-state index is 10.7. The van der Waals surface area contributed by atoms with Crippen LogP contribution < -0.4 is 4.90 Å². The number of hydrogen-bond acceptors (Lipinski definition) is 5. The minimum Gasteiger partial charge on any atom is -0.310 e. The number of para-hydroxylation sites is 3. The van der Waals surface area contributed by atoms with Gasteiger partial charge in [0.1, 0.15) is 6.07 Å². The zero-order valence-electron chi connectivity index (χ0n) is 29.0. The van der Waals surface area contributed by atoms with Crippen LogP contribution in [-0.2, 0) is 0 Å². The molecule has 6 heteroatoms. The minimum atomic E-state index is 0.405. The van der Waals surface area contributed by atoms with Gasteiger partial charge in [-0.3, -0.25) is 0 Å². The van der Waals surface area contributed by atoms with E-state index in [4.69, 9.17) is 9.97 Å². The van der Waals surface area contributed by atoms with Crippen molar-refractivity contribution in [3.63, 3.8) is 0 Å². The molecule has 9 aromatic rings. The van der Waals surface area contributed by atoms with E-state index in [0.717, 1.165) is 55.7 Å². The quantitative estimate of drug-likeness (QED) is 0.166. The summed E-state index contributed by atoms with van der Waals surface area (Å²) >= 11 is 0. The van der Waals surface area contributed by atoms with Crippen molar-refractivity contribution in [2.75, 3.05) is 4.90 Å². The van der Waals surface area contributed by atoms with E-state index >= 15 is 0 Å². The van der Waals surface area contributed by atoms with Crippen molar-refractivity contribution in [3.8, 4) is 51.7 Å². The summed E-state index contributed by atoms with van der Waals surface area (Å²) in [5.41, 5.74) is 10.0. The van der Waals surface area contributed by atoms with Crippen molar-refractivity contribution in [2.45, 2.75) is 0 Å². The second-order valence-corrected chi connectivity index (χ2v) is 12.9. The van der Waals surface area contributed by atoms with Crippen molar-refractivity contribution >= 4 is 38.9 Å². The highest BCUT2D eigenvalue weighted by Crippen LogP contribution is 2.41. The SMILES string of the molecule is N#Cc1cc(-n2c3ccccc3c3cc(N(c4ccccc4)c4ccccc4)ccc32)c(C#N)cc1-c1cc(-c2ccccc2)nc(-c2ccccc2)n1. The summed E-state index contributed by atoms with van der Waals surface area (Å²) in [7, 11) is 0. The van der Waals surface area contributed by atoms with E-state index in [1.165, 1.54) is 0 Å². The molecule has 0 atom stereocenters. The molecule has 54 heavy (non-hydrogen) atoms. The smallest absolute Gasteiger partial charge is 0.160 e. The third-order valence-electron chi connectivity index (χ3n) is 9.66. The Bertz CT molecular complexity index is 2790. The van der Waals surface area contributed by atoms with Crippen LogP contribution in [0.2, 0.25) is 0 Å². The molecule has 7 aromatic carbocycles. The van der Waals surface area contributed by atoms with Crippen molar-refractivity contribution in [2.24, 2.45) is 0 Å². The predicted molar refractivity (Wildman–Crippen MR) is 217 cm³/mol. The highest BCUT2D eigenvalue weighted by atomic mass is 15.1. The highest BCUT2D eigenvalue weighted by molar-refractivity contribution is 6.11. The van der Waals surface area contributed by atoms with Crippen LogP contribution in [0.3, 0.4) is 0 Å². The second kappa shape index (κ2) is 13.7. The van der Waals surface area contributed by atoms with Crippen molar-refractivity contribution < 1.29 is 0 Å². The first kappa shape index (κ1) is 32.1. The lowest BCUT2D eigenvalue weighted by Crippen LogP contribution is -2.09. The molecule has 0 saturated heterocycles. The third kappa shape index (κ3) is 5.71. The summed E-state index contributed by atoms with van der Waals surface area (Å²) in [6.07, 6.45) is 0. The molecular weight excluding hydrogens is 661 g/mol. The number of nitrogens with zero attached hydrogens (tertiary/aromatic N) is 6. The fourth-order valence-corrected chi connectivity index (χ4v) is 7.19. The van der Waals surface area contributed by atoms with Gasteiger partial charge in [0.2, 0.25) is 0 Å². The maximum Gasteiger partial charge on any atom is 0.160 e. The molecule has 0 aliphatic heterocycles. The van der Waals surface area contributed by atoms with Gasteiger partial charge in [0.15, 0.2) is 5.82 Å². The van der Waals surface area contributed by atoms with Gasteiger partial charge in [-0.1, -0.05) is 115 Å². The topological polar surface area (TPSA) is 81.5 Å². The molecule has 0 fully saturated rings. The zero-order valence-corrected chi connectivity index (χ0v) is 29.0. The van der Waals surface area contributed by atoms with Crippen LogP contribution in [0.15, 0.2) is 182 Å². The summed E-state index contributed by atoms with van der Waals surface area (Å²) in [4.78, 5) is 12.1. The standard InChI is InChI=1S/C48H30N6/c49-31-35-28-47(36(32-50)27-41(35)44-30-43(33-15-5-1-6-16-33)51-48(52-44)34-17-7-2-8-18-34)54-45-24-14-13-23-40(45)42-29-39(25-26-46(42)54)53(37-19-9-3-10-20-37)38-21-11-4-12-22-38/h1-30H. The summed E-state index contributed by atoms with van der Waals surface area (Å²) < 4.78 is 2.10. The van der Waals surface area contributed by atoms with E-state index in [2.05, 4.69) is 76.2 Å². The fraction of sp³-hybridized carbons (Fsp3) is 0. The Kier molecular flexibility index (Phi) is 8.17. The van der Waals surface area contributed by atoms with Gasteiger partial charge in [0.05, 0.1) is 45.3 Å². The first-order valence-electron chi connectivity index (χ1n) is 17.6. The Balaban J connectivity index is 1.24. The molecule has 0 N–H and O–H groups in total. The largest absolute Gasteiger partial charge is 0.310 e. The first-order chi connectivity index (χ1) is 26.7. The average molecular weight is 691 g/mol. The van der Waals surface area contributed by atoms with E-state index in [1.807, 2.05) is 121 Å². The van der Waals surface area contributed by atoms with Gasteiger partial charge < -0.3 is 9.47 Å². The van der Waals surface area contributed by atoms with Gasteiger partial charge in [0.25, 0.3) is 0 Å². The molecule has 0 aliphatic carbocycles. The molecule has 2 heterocycles. The van der Waals surface area contributed by atoms with E-state index < -0.39 is 0 Å². The lowest BCUT2D eigenvalue weighted by atomic mass is 9.98. The molecule has 0 aliphatic rings. The molecule has 0 spiro atoms. The summed E-state index contributed by atoms with van der Waals surface area (Å²) in [5.74, 6) is 0.539. The number of anilines is 3. The monoisotopic (exact) mass is 690 g/mol. The average Bonchev–Trinajstić information content (AvgIpc) is 3.58. The second-order valence-electron chi connectivity index (χ2n) is 12.9. The van der Waals surface area contributed by atoms with Crippen LogP contribution in [0.4, 0.5) is 17.1 Å². The molecule has 0 saturated carbocycles. The Morgan fingerprint density at radius 3 is 1.65 bits per heavy atom. The van der Waals surface area contributed by atoms with Gasteiger partial charge in [-0.2, -0.15) is 10.5 Å². The van der Waals surface area contributed by atoms with E-state index in [9.17, 15) is 10.5 Å². The third-order valence-corrected chi connectivity index (χ3v) is 9.66. The predicted octanol–water partition coefficient (Wildman–Crippen LogP) is 11.8. The highest BCUT2D eigenvalue weighted by Gasteiger charge is 2.21. The van der Waals surface area contributed by atoms with Gasteiger partial charge >= 0.3 is 0 Å². The summed E-state index contributed by atoms with van der Waals surface area (Å²) in [6.45, 7) is 0. The molecule has 0 unspecified atom stereocenters. The number of aromatic nitrogens is 3. The first-order valence-corrected chi connectivity index (χ1v) is 17.6. The fourth-order valence-electron chi connectivity index (χ4n) is 7.19. The summed E-state index contributed by atoms with van der Waals surface area (Å²) in [5, 5.41) is 23.5. The van der Waals surface area contributed by atoms with Crippen LogP contribution in [0, 0.1) is 22.7 Å². The van der Waals surface area contributed by atoms with Crippen LogP contribution in [-0.4, -0.2) is 14.5 Å². The molecule has 0 bridgehead atoms. The van der Waals surface area contributed by atoms with Crippen molar-refractivity contribution in [3.05, 3.63) is 193 Å². The van der Waals surface area contributed by atoms with E-state index in [0.29, 0.717) is 33.9 Å². The number of nitriles is 2. The number of benzene rings is 7. The molecule has 6 nitrogen and oxygen atoms in total. The van der Waals surface area contributed by atoms with Gasteiger partial charge in [-0.25, -0.2) is 9.97 Å². The Morgan fingerprint density at radius 1 is 0.444 bits per heavy atom. The van der Waals surface area contributed by atoms with Crippen LogP contribution in [0.5, 0.6) is 0 Å². The molecule has 9 rings (SSSR count). The van der Waals surface area contributed by atoms with Gasteiger partial charge in [0, 0.05) is 44.5 Å². The lowest BCUT2D eigenvalue weighted by Gasteiger charge is -2.25. The number of rotatable bonds is 7. The van der Waals surface area contributed by atoms with Crippen molar-refractivity contribution in [1.29, 1.82) is 10.5 Å². The van der Waals surface area contributed by atoms with Crippen molar-refractivity contribution in [1.82, 2.24) is 14.5 Å². The molecular formula is C48H30N6. The lowest BCUT2D eigenvalue weighted by molar-refractivity contribution is 1.15. The summed E-state index contributed by atoms with van der Waals surface area (Å²) in [6, 6.07) is 65.4. The van der Waals surface area contributed by atoms with Gasteiger partial charge in [-0.05, 0) is 66.7 Å². The van der Waals surface area contributed by atoms with Crippen LogP contribution in [0.1, 0.15) is 11.1 Å². The molecule has 252 valence electrons. The molecule has 0 amide bonds. The maximum absolute atomic E-state index is 10.7. The number of fused-ring (bicyclic) bond motifs is 3. The normalized spacial score (nSPS) is 10.9. The Morgan fingerprint density at radius 2 is 1.00 bits per heavy atom. The molecule has 2 aromatic heterocycles. The van der Waals surface area contributed by atoms with E-state index in [-0.39, 0.29) is 0 Å². The van der Waals surface area contributed by atoms with Crippen LogP contribution in [0.25, 0.3) is 61.4 Å². The molecule has 0 radical (unpaired) electrons. The van der Waals surface area contributed by atoms with Gasteiger partial charge in [-0.15, -0.1) is 0 Å².